The van der Waals surface area contributed by atoms with Gasteiger partial charge in [-0.2, -0.15) is 0 Å². The number of carbonyl (C=O) groups excluding carboxylic acids is 2. The average Bonchev–Trinajstić information content (AvgIpc) is 3.02. The number of esters is 1. The number of thiazole rings is 1. The van der Waals surface area contributed by atoms with Crippen molar-refractivity contribution in [3.63, 3.8) is 0 Å². The highest BCUT2D eigenvalue weighted by Crippen LogP contribution is 2.29. The number of nitrogens with one attached hydrogen (secondary N) is 1. The Bertz CT molecular complexity index is 1110. The van der Waals surface area contributed by atoms with Gasteiger partial charge in [0.15, 0.2) is 11.7 Å². The van der Waals surface area contributed by atoms with Crippen LogP contribution >= 0.6 is 11.3 Å². The number of anilines is 1. The van der Waals surface area contributed by atoms with Gasteiger partial charge in [-0.25, -0.2) is 9.78 Å². The summed E-state index contributed by atoms with van der Waals surface area (Å²) in [4.78, 5) is 38.9. The van der Waals surface area contributed by atoms with Gasteiger partial charge < -0.3 is 4.74 Å². The van der Waals surface area contributed by atoms with E-state index >= 15 is 0 Å². The van der Waals surface area contributed by atoms with Gasteiger partial charge in [0.2, 0.25) is 0 Å². The molecule has 0 aliphatic rings. The minimum absolute atomic E-state index is 0.0104. The van der Waals surface area contributed by atoms with Crippen molar-refractivity contribution in [2.45, 2.75) is 20.8 Å². The van der Waals surface area contributed by atoms with Crippen molar-refractivity contribution in [1.82, 2.24) is 4.98 Å². The van der Waals surface area contributed by atoms with Crippen molar-refractivity contribution in [3.05, 3.63) is 62.7 Å². The lowest BCUT2D eigenvalue weighted by atomic mass is 10.1. The zero-order valence-electron chi connectivity index (χ0n) is 15.4. The molecule has 3 rings (SSSR count). The molecule has 8 nitrogen and oxygen atoms in total. The van der Waals surface area contributed by atoms with E-state index in [2.05, 4.69) is 10.3 Å². The van der Waals surface area contributed by atoms with E-state index in [4.69, 9.17) is 4.74 Å². The fraction of sp³-hybridized carbons (Fsp3) is 0.211. The predicted octanol–water partition coefficient (Wildman–Crippen LogP) is 3.93. The monoisotopic (exact) mass is 399 g/mol. The molecular formula is C19H17N3O5S. The molecule has 0 aliphatic carbocycles. The molecule has 1 heterocycles. The van der Waals surface area contributed by atoms with Gasteiger partial charge in [-0.05, 0) is 44.0 Å². The molecule has 0 radical (unpaired) electrons. The highest BCUT2D eigenvalue weighted by molar-refractivity contribution is 7.22. The SMILES string of the molecule is Cc1cc(C)c2nc(NC(=O)COC(=O)c3ccc(C)c([N+](=O)[O-])c3)sc2c1. The number of benzene rings is 2. The Hall–Kier alpha value is -3.33. The van der Waals surface area contributed by atoms with Crippen molar-refractivity contribution in [3.8, 4) is 0 Å². The molecule has 144 valence electrons. The largest absolute Gasteiger partial charge is 0.452 e. The molecule has 28 heavy (non-hydrogen) atoms. The molecule has 0 aliphatic heterocycles. The molecule has 3 aromatic rings. The van der Waals surface area contributed by atoms with Gasteiger partial charge in [-0.15, -0.1) is 0 Å². The number of hydrogen-bond acceptors (Lipinski definition) is 7. The third-order valence-electron chi connectivity index (χ3n) is 4.05. The molecule has 1 amide bonds. The topological polar surface area (TPSA) is 111 Å². The van der Waals surface area contributed by atoms with Crippen molar-refractivity contribution >= 4 is 44.2 Å². The minimum atomic E-state index is -0.811. The predicted molar refractivity (Wildman–Crippen MR) is 106 cm³/mol. The van der Waals surface area contributed by atoms with Crippen LogP contribution in [0.1, 0.15) is 27.0 Å². The van der Waals surface area contributed by atoms with Gasteiger partial charge in [0.05, 0.1) is 20.7 Å². The molecule has 2 aromatic carbocycles. The summed E-state index contributed by atoms with van der Waals surface area (Å²) < 4.78 is 5.91. The van der Waals surface area contributed by atoms with E-state index in [0.29, 0.717) is 10.7 Å². The van der Waals surface area contributed by atoms with E-state index in [-0.39, 0.29) is 11.3 Å². The molecular weight excluding hydrogens is 382 g/mol. The first-order chi connectivity index (χ1) is 13.2. The van der Waals surface area contributed by atoms with E-state index in [1.165, 1.54) is 23.5 Å². The van der Waals surface area contributed by atoms with Crippen LogP contribution < -0.4 is 5.32 Å². The van der Waals surface area contributed by atoms with E-state index in [1.54, 1.807) is 6.92 Å². The molecule has 0 atom stereocenters. The van der Waals surface area contributed by atoms with Gasteiger partial charge in [0, 0.05) is 11.6 Å². The first-order valence-electron chi connectivity index (χ1n) is 8.34. The fourth-order valence-electron chi connectivity index (χ4n) is 2.73. The number of carbonyl (C=O) groups is 2. The Morgan fingerprint density at radius 1 is 1.18 bits per heavy atom. The summed E-state index contributed by atoms with van der Waals surface area (Å²) in [5.41, 5.74) is 3.19. The van der Waals surface area contributed by atoms with E-state index in [1.807, 2.05) is 26.0 Å². The van der Waals surface area contributed by atoms with Crippen LogP contribution in [-0.2, 0) is 9.53 Å². The maximum absolute atomic E-state index is 12.1. The lowest BCUT2D eigenvalue weighted by molar-refractivity contribution is -0.385. The number of aromatic nitrogens is 1. The fourth-order valence-corrected chi connectivity index (χ4v) is 3.79. The Morgan fingerprint density at radius 3 is 2.64 bits per heavy atom. The lowest BCUT2D eigenvalue weighted by Crippen LogP contribution is -2.20. The average molecular weight is 399 g/mol. The first-order valence-corrected chi connectivity index (χ1v) is 9.16. The van der Waals surface area contributed by atoms with Crippen LogP contribution in [0.5, 0.6) is 0 Å². The summed E-state index contributed by atoms with van der Waals surface area (Å²) in [5, 5.41) is 14.0. The number of rotatable bonds is 5. The summed E-state index contributed by atoms with van der Waals surface area (Å²) in [6, 6.07) is 8.01. The highest BCUT2D eigenvalue weighted by atomic mass is 32.1. The molecule has 1 aromatic heterocycles. The zero-order valence-corrected chi connectivity index (χ0v) is 16.3. The van der Waals surface area contributed by atoms with Gasteiger partial charge in [-0.3, -0.25) is 20.2 Å². The van der Waals surface area contributed by atoms with Crippen LogP contribution in [-0.4, -0.2) is 28.4 Å². The normalized spacial score (nSPS) is 10.7. The molecule has 0 saturated heterocycles. The van der Waals surface area contributed by atoms with Crippen LogP contribution in [0.15, 0.2) is 30.3 Å². The third-order valence-corrected chi connectivity index (χ3v) is 4.97. The Labute approximate surface area is 164 Å². The van der Waals surface area contributed by atoms with E-state index < -0.39 is 23.4 Å². The van der Waals surface area contributed by atoms with Crippen LogP contribution in [0.2, 0.25) is 0 Å². The van der Waals surface area contributed by atoms with Crippen molar-refractivity contribution < 1.29 is 19.2 Å². The maximum atomic E-state index is 12.1. The smallest absolute Gasteiger partial charge is 0.338 e. The number of nitro benzene ring substituents is 1. The van der Waals surface area contributed by atoms with Gasteiger partial charge >= 0.3 is 5.97 Å². The summed E-state index contributed by atoms with van der Waals surface area (Å²) in [6.07, 6.45) is 0. The highest BCUT2D eigenvalue weighted by Gasteiger charge is 2.17. The second-order valence-electron chi connectivity index (χ2n) is 6.33. The van der Waals surface area contributed by atoms with Crippen molar-refractivity contribution in [2.75, 3.05) is 11.9 Å². The van der Waals surface area contributed by atoms with Crippen LogP contribution in [0, 0.1) is 30.9 Å². The third kappa shape index (κ3) is 4.15. The summed E-state index contributed by atoms with van der Waals surface area (Å²) in [7, 11) is 0. The summed E-state index contributed by atoms with van der Waals surface area (Å²) in [5.74, 6) is -1.35. The molecule has 1 N–H and O–H groups in total. The van der Waals surface area contributed by atoms with E-state index in [0.717, 1.165) is 27.4 Å². The second kappa shape index (κ2) is 7.73. The first kappa shape index (κ1) is 19.4. The maximum Gasteiger partial charge on any atom is 0.338 e. The van der Waals surface area contributed by atoms with Gasteiger partial charge in [-0.1, -0.05) is 23.5 Å². The number of amides is 1. The molecule has 9 heteroatoms. The number of aryl methyl sites for hydroxylation is 3. The zero-order chi connectivity index (χ0) is 20.4. The second-order valence-corrected chi connectivity index (χ2v) is 7.36. The Balaban J connectivity index is 1.64. The lowest BCUT2D eigenvalue weighted by Gasteiger charge is -2.05. The molecule has 0 bridgehead atoms. The number of nitro groups is 1. The quantitative estimate of drug-likeness (QED) is 0.395. The number of hydrogen-bond donors (Lipinski definition) is 1. The van der Waals surface area contributed by atoms with Gasteiger partial charge in [0.1, 0.15) is 0 Å². The Morgan fingerprint density at radius 2 is 1.93 bits per heavy atom. The molecule has 0 fully saturated rings. The summed E-state index contributed by atoms with van der Waals surface area (Å²) in [6.45, 7) is 4.98. The molecule has 0 saturated carbocycles. The Kier molecular flexibility index (Phi) is 5.36. The van der Waals surface area contributed by atoms with Crippen LogP contribution in [0.3, 0.4) is 0 Å². The molecule has 0 unspecified atom stereocenters. The van der Waals surface area contributed by atoms with Crippen LogP contribution in [0.25, 0.3) is 10.2 Å². The number of fused-ring (bicyclic) bond motifs is 1. The van der Waals surface area contributed by atoms with Crippen molar-refractivity contribution in [1.29, 1.82) is 0 Å². The summed E-state index contributed by atoms with van der Waals surface area (Å²) >= 11 is 1.33. The van der Waals surface area contributed by atoms with Crippen molar-refractivity contribution in [2.24, 2.45) is 0 Å². The van der Waals surface area contributed by atoms with E-state index in [9.17, 15) is 19.7 Å². The molecule has 0 spiro atoms. The van der Waals surface area contributed by atoms with Gasteiger partial charge in [0.25, 0.3) is 11.6 Å². The minimum Gasteiger partial charge on any atom is -0.452 e. The van der Waals surface area contributed by atoms with Crippen LogP contribution in [0.4, 0.5) is 10.8 Å². The number of nitrogens with zero attached hydrogens (tertiary/aromatic N) is 2. The standard InChI is InChI=1S/C19H17N3O5S/c1-10-6-12(3)17-15(7-10)28-19(21-17)20-16(23)9-27-18(24)13-5-4-11(2)14(8-13)22(25)26/h4-8H,9H2,1-3H3,(H,20,21,23). The number of ether oxygens (including phenoxy) is 1.